The van der Waals surface area contributed by atoms with Gasteiger partial charge in [0.05, 0.1) is 5.56 Å². The van der Waals surface area contributed by atoms with Gasteiger partial charge in [0.2, 0.25) is 0 Å². The first kappa shape index (κ1) is 21.1. The van der Waals surface area contributed by atoms with Gasteiger partial charge in [0.1, 0.15) is 5.75 Å². The lowest BCUT2D eigenvalue weighted by molar-refractivity contribution is 0.0695. The topological polar surface area (TPSA) is 60.8 Å². The molecule has 2 N–H and O–H groups in total. The summed E-state index contributed by atoms with van der Waals surface area (Å²) in [4.78, 5) is 12.7. The molecule has 0 fully saturated rings. The van der Waals surface area contributed by atoms with E-state index in [1.165, 1.54) is 0 Å². The van der Waals surface area contributed by atoms with Crippen LogP contribution in [-0.4, -0.2) is 41.0 Å². The maximum absolute atomic E-state index is 10.6. The van der Waals surface area contributed by atoms with Gasteiger partial charge in [0.25, 0.3) is 0 Å². The molecule has 2 aromatic rings. The molecule has 2 rings (SSSR count). The second kappa shape index (κ2) is 10.9. The van der Waals surface area contributed by atoms with Crippen molar-refractivity contribution < 1.29 is 15.0 Å². The van der Waals surface area contributed by atoms with Crippen LogP contribution < -0.4 is 4.90 Å². The minimum atomic E-state index is -0.847. The van der Waals surface area contributed by atoms with Crippen molar-refractivity contribution in [2.75, 3.05) is 29.7 Å². The average Bonchev–Trinajstić information content (AvgIpc) is 2.55. The van der Waals surface area contributed by atoms with Crippen molar-refractivity contribution in [3.8, 4) is 5.75 Å². The quantitative estimate of drug-likeness (QED) is 0.710. The van der Waals surface area contributed by atoms with Crippen LogP contribution in [0.2, 0.25) is 0 Å². The molecule has 25 heavy (non-hydrogen) atoms. The summed E-state index contributed by atoms with van der Waals surface area (Å²) in [6, 6.07) is 12.5. The molecule has 0 atom stereocenters. The number of phenols is 1. The van der Waals surface area contributed by atoms with Crippen molar-refractivity contribution in [1.29, 1.82) is 0 Å². The lowest BCUT2D eigenvalue weighted by Gasteiger charge is -2.22. The molecule has 0 saturated heterocycles. The van der Waals surface area contributed by atoms with Crippen LogP contribution in [0.3, 0.4) is 0 Å². The molecular weight excluding hydrogens is 361 g/mol. The molecule has 0 aliphatic rings. The van der Waals surface area contributed by atoms with E-state index < -0.39 is 5.97 Å². The number of rotatable bonds is 6. The maximum Gasteiger partial charge on any atom is 0.336 e. The van der Waals surface area contributed by atoms with Crippen LogP contribution in [0.15, 0.2) is 42.5 Å². The van der Waals surface area contributed by atoms with Gasteiger partial charge in [0.15, 0.2) is 0 Å². The van der Waals surface area contributed by atoms with Crippen LogP contribution in [0, 0.1) is 13.8 Å². The van der Waals surface area contributed by atoms with Gasteiger partial charge in [-0.15, -0.1) is 23.2 Å². The van der Waals surface area contributed by atoms with E-state index in [4.69, 9.17) is 33.4 Å². The van der Waals surface area contributed by atoms with Crippen LogP contribution in [0.4, 0.5) is 5.69 Å². The third-order valence-corrected chi connectivity index (χ3v) is 3.96. The number of carbonyl (C=O) groups is 1. The standard InChI is InChI=1S/C10H13Cl2NO.C9H10O2/c11-5-7-13(8-6-12)9-1-3-10(14)4-2-9;1-6-4-3-5-7(2)8(6)9(10)11/h1-4,14H,5-8H2;3-5H,1-2H3,(H,10,11). The molecule has 0 aliphatic carbocycles. The fourth-order valence-electron chi connectivity index (χ4n) is 2.39. The summed E-state index contributed by atoms with van der Waals surface area (Å²) in [5.41, 5.74) is 3.09. The number of aryl methyl sites for hydroxylation is 2. The van der Waals surface area contributed by atoms with Gasteiger partial charge < -0.3 is 15.1 Å². The molecule has 4 nitrogen and oxygen atoms in total. The first-order valence-electron chi connectivity index (χ1n) is 7.86. The zero-order chi connectivity index (χ0) is 18.8. The molecule has 0 heterocycles. The number of carboxylic acids is 1. The third kappa shape index (κ3) is 6.85. The number of nitrogens with zero attached hydrogens (tertiary/aromatic N) is 1. The van der Waals surface area contributed by atoms with Crippen molar-refractivity contribution in [3.05, 3.63) is 59.2 Å². The summed E-state index contributed by atoms with van der Waals surface area (Å²) in [7, 11) is 0. The van der Waals surface area contributed by atoms with E-state index in [1.807, 2.05) is 18.2 Å². The summed E-state index contributed by atoms with van der Waals surface area (Å²) in [6.45, 7) is 5.13. The van der Waals surface area contributed by atoms with Crippen molar-refractivity contribution >= 4 is 34.9 Å². The first-order valence-corrected chi connectivity index (χ1v) is 8.93. The van der Waals surface area contributed by atoms with E-state index in [0.29, 0.717) is 17.3 Å². The van der Waals surface area contributed by atoms with Crippen LogP contribution in [-0.2, 0) is 0 Å². The summed E-state index contributed by atoms with van der Waals surface area (Å²) in [6.07, 6.45) is 0. The number of aromatic hydroxyl groups is 1. The number of alkyl halides is 2. The van der Waals surface area contributed by atoms with Gasteiger partial charge in [-0.1, -0.05) is 18.2 Å². The SMILES string of the molecule is Cc1cccc(C)c1C(=O)O.Oc1ccc(N(CCCl)CCCl)cc1. The monoisotopic (exact) mass is 383 g/mol. The van der Waals surface area contributed by atoms with Crippen LogP contribution in [0.25, 0.3) is 0 Å². The van der Waals surface area contributed by atoms with Gasteiger partial charge >= 0.3 is 5.97 Å². The molecule has 0 bridgehead atoms. The summed E-state index contributed by atoms with van der Waals surface area (Å²) in [5, 5.41) is 17.9. The predicted molar refractivity (Wildman–Crippen MR) is 105 cm³/mol. The van der Waals surface area contributed by atoms with E-state index in [0.717, 1.165) is 29.9 Å². The smallest absolute Gasteiger partial charge is 0.336 e. The van der Waals surface area contributed by atoms with E-state index in [2.05, 4.69) is 4.90 Å². The zero-order valence-corrected chi connectivity index (χ0v) is 15.9. The average molecular weight is 384 g/mol. The van der Waals surface area contributed by atoms with Crippen molar-refractivity contribution in [2.24, 2.45) is 0 Å². The number of anilines is 1. The van der Waals surface area contributed by atoms with Crippen molar-refractivity contribution in [3.63, 3.8) is 0 Å². The summed E-state index contributed by atoms with van der Waals surface area (Å²) >= 11 is 11.4. The Labute approximate surface area is 158 Å². The van der Waals surface area contributed by atoms with Gasteiger partial charge in [-0.05, 0) is 49.2 Å². The minimum Gasteiger partial charge on any atom is -0.508 e. The van der Waals surface area contributed by atoms with Crippen LogP contribution in [0.5, 0.6) is 5.75 Å². The number of halogens is 2. The maximum atomic E-state index is 10.6. The zero-order valence-electron chi connectivity index (χ0n) is 14.4. The predicted octanol–water partition coefficient (Wildman–Crippen LogP) is 4.68. The second-order valence-electron chi connectivity index (χ2n) is 5.45. The van der Waals surface area contributed by atoms with Crippen LogP contribution >= 0.6 is 23.2 Å². The Morgan fingerprint density at radius 2 is 1.44 bits per heavy atom. The molecule has 0 unspecified atom stereocenters. The fraction of sp³-hybridized carbons (Fsp3) is 0.316. The number of carboxylic acid groups (broad SMARTS) is 1. The molecule has 2 aromatic carbocycles. The van der Waals surface area contributed by atoms with E-state index in [-0.39, 0.29) is 5.75 Å². The highest BCUT2D eigenvalue weighted by molar-refractivity contribution is 6.18. The largest absolute Gasteiger partial charge is 0.508 e. The Kier molecular flexibility index (Phi) is 9.17. The summed E-state index contributed by atoms with van der Waals surface area (Å²) < 4.78 is 0. The van der Waals surface area contributed by atoms with Gasteiger partial charge in [-0.3, -0.25) is 0 Å². The van der Waals surface area contributed by atoms with E-state index >= 15 is 0 Å². The second-order valence-corrected chi connectivity index (χ2v) is 6.21. The Bertz CT molecular complexity index is 649. The molecule has 0 amide bonds. The molecule has 0 aliphatic heterocycles. The highest BCUT2D eigenvalue weighted by atomic mass is 35.5. The number of aromatic carboxylic acids is 1. The molecule has 0 radical (unpaired) electrons. The van der Waals surface area contributed by atoms with Crippen molar-refractivity contribution in [2.45, 2.75) is 13.8 Å². The third-order valence-electron chi connectivity index (χ3n) is 3.62. The van der Waals surface area contributed by atoms with Crippen LogP contribution in [0.1, 0.15) is 21.5 Å². The molecule has 0 aromatic heterocycles. The Balaban J connectivity index is 0.000000257. The molecule has 0 saturated carbocycles. The first-order chi connectivity index (χ1) is 11.9. The molecular formula is C19H23Cl2NO3. The normalized spacial score (nSPS) is 9.92. The Morgan fingerprint density at radius 1 is 0.960 bits per heavy atom. The highest BCUT2D eigenvalue weighted by Gasteiger charge is 2.08. The number of phenolic OH excluding ortho intramolecular Hbond substituents is 1. The van der Waals surface area contributed by atoms with Gasteiger partial charge in [-0.2, -0.15) is 0 Å². The molecule has 6 heteroatoms. The lowest BCUT2D eigenvalue weighted by Crippen LogP contribution is -2.27. The minimum absolute atomic E-state index is 0.269. The Morgan fingerprint density at radius 3 is 1.80 bits per heavy atom. The molecule has 0 spiro atoms. The summed E-state index contributed by atoms with van der Waals surface area (Å²) in [5.74, 6) is 0.557. The van der Waals surface area contributed by atoms with E-state index in [9.17, 15) is 4.79 Å². The van der Waals surface area contributed by atoms with Crippen molar-refractivity contribution in [1.82, 2.24) is 0 Å². The fourth-order valence-corrected chi connectivity index (χ4v) is 2.80. The number of hydrogen-bond donors (Lipinski definition) is 2. The Hall–Kier alpha value is -1.91. The highest BCUT2D eigenvalue weighted by Crippen LogP contribution is 2.18. The lowest BCUT2D eigenvalue weighted by atomic mass is 10.0. The molecule has 136 valence electrons. The number of benzene rings is 2. The van der Waals surface area contributed by atoms with E-state index in [1.54, 1.807) is 38.1 Å². The van der Waals surface area contributed by atoms with Gasteiger partial charge in [-0.25, -0.2) is 4.79 Å². The van der Waals surface area contributed by atoms with Gasteiger partial charge in [0, 0.05) is 30.5 Å². The number of hydrogen-bond acceptors (Lipinski definition) is 3.